The fourth-order valence-electron chi connectivity index (χ4n) is 2.62. The average molecular weight is 317 g/mol. The fraction of sp³-hybridized carbons (Fsp3) is 0.0667. The number of fused-ring (bicyclic) bond motifs is 2. The van der Waals surface area contributed by atoms with Crippen LogP contribution in [0.3, 0.4) is 0 Å². The van der Waals surface area contributed by atoms with Crippen molar-refractivity contribution in [3.63, 3.8) is 0 Å². The zero-order chi connectivity index (χ0) is 16.1. The Labute approximate surface area is 126 Å². The lowest BCUT2D eigenvalue weighted by Crippen LogP contribution is -2.24. The summed E-state index contributed by atoms with van der Waals surface area (Å²) >= 11 is 0. The molecule has 6 nitrogen and oxygen atoms in total. The first-order valence-electron chi connectivity index (χ1n) is 6.37. The van der Waals surface area contributed by atoms with Gasteiger partial charge in [0.05, 0.1) is 11.3 Å². The van der Waals surface area contributed by atoms with Crippen LogP contribution < -0.4 is 5.32 Å². The van der Waals surface area contributed by atoms with Crippen molar-refractivity contribution in [2.45, 2.75) is 4.90 Å². The third kappa shape index (κ3) is 1.94. The molecule has 0 aliphatic heterocycles. The molecule has 0 atom stereocenters. The zero-order valence-corrected chi connectivity index (χ0v) is 12.3. The summed E-state index contributed by atoms with van der Waals surface area (Å²) in [6.07, 6.45) is 0. The quantitative estimate of drug-likeness (QED) is 0.698. The van der Waals surface area contributed by atoms with Crippen molar-refractivity contribution < 1.29 is 22.6 Å². The number of carbonyl (C=O) groups is 2. The topological polar surface area (TPSA) is 101 Å². The molecule has 0 saturated heterocycles. The summed E-state index contributed by atoms with van der Waals surface area (Å²) in [6.45, 7) is 0. The van der Waals surface area contributed by atoms with E-state index >= 15 is 0 Å². The van der Waals surface area contributed by atoms with Gasteiger partial charge in [0.25, 0.3) is 10.1 Å². The van der Waals surface area contributed by atoms with Gasteiger partial charge in [0.2, 0.25) is 0 Å². The molecule has 0 unspecified atom stereocenters. The van der Waals surface area contributed by atoms with E-state index in [-0.39, 0.29) is 27.9 Å². The SMILES string of the molecule is CNc1ccc2c(c1S(=O)(=O)O)C(=O)c1ccccc1C2=O. The first-order chi connectivity index (χ1) is 10.4. The van der Waals surface area contributed by atoms with Gasteiger partial charge in [-0.05, 0) is 12.1 Å². The van der Waals surface area contributed by atoms with Gasteiger partial charge in [-0.25, -0.2) is 0 Å². The third-order valence-electron chi connectivity index (χ3n) is 3.57. The standard InChI is InChI=1S/C15H11NO5S/c1-16-11-7-6-10-12(15(11)22(19,20)21)14(18)9-5-3-2-4-8(9)13(10)17/h2-7,16H,1H3,(H,19,20,21). The van der Waals surface area contributed by atoms with E-state index in [1.165, 1.54) is 31.3 Å². The predicted octanol–water partition coefficient (Wildman–Crippen LogP) is 1.75. The Bertz CT molecular complexity index is 931. The second-order valence-corrected chi connectivity index (χ2v) is 6.15. The molecule has 0 fully saturated rings. The summed E-state index contributed by atoms with van der Waals surface area (Å²) in [5.41, 5.74) is 0.0757. The molecule has 2 N–H and O–H groups in total. The highest BCUT2D eigenvalue weighted by Gasteiger charge is 2.35. The van der Waals surface area contributed by atoms with Crippen LogP contribution in [-0.2, 0) is 10.1 Å². The van der Waals surface area contributed by atoms with Crippen LogP contribution in [0.4, 0.5) is 5.69 Å². The van der Waals surface area contributed by atoms with Crippen molar-refractivity contribution in [1.29, 1.82) is 0 Å². The molecule has 0 saturated carbocycles. The molecule has 112 valence electrons. The molecule has 1 aliphatic carbocycles. The highest BCUT2D eigenvalue weighted by molar-refractivity contribution is 7.86. The van der Waals surface area contributed by atoms with E-state index in [1.807, 2.05) is 0 Å². The zero-order valence-electron chi connectivity index (χ0n) is 11.5. The summed E-state index contributed by atoms with van der Waals surface area (Å²) < 4.78 is 32.9. The van der Waals surface area contributed by atoms with Gasteiger partial charge in [-0.15, -0.1) is 0 Å². The van der Waals surface area contributed by atoms with Crippen LogP contribution in [0.5, 0.6) is 0 Å². The summed E-state index contributed by atoms with van der Waals surface area (Å²) in [7, 11) is -3.22. The number of nitrogens with one attached hydrogen (secondary N) is 1. The Kier molecular flexibility index (Phi) is 3.12. The van der Waals surface area contributed by atoms with Gasteiger partial charge in [0.1, 0.15) is 4.90 Å². The maximum absolute atomic E-state index is 12.6. The smallest absolute Gasteiger partial charge is 0.297 e. The Morgan fingerprint density at radius 3 is 2.05 bits per heavy atom. The lowest BCUT2D eigenvalue weighted by Gasteiger charge is -2.20. The largest absolute Gasteiger partial charge is 0.387 e. The number of rotatable bonds is 2. The molecule has 0 aromatic heterocycles. The van der Waals surface area contributed by atoms with Gasteiger partial charge in [0, 0.05) is 23.7 Å². The van der Waals surface area contributed by atoms with Gasteiger partial charge in [0.15, 0.2) is 11.6 Å². The van der Waals surface area contributed by atoms with E-state index in [0.717, 1.165) is 0 Å². The van der Waals surface area contributed by atoms with Crippen molar-refractivity contribution in [3.8, 4) is 0 Å². The molecule has 7 heteroatoms. The maximum Gasteiger partial charge on any atom is 0.297 e. The molecular weight excluding hydrogens is 306 g/mol. The minimum Gasteiger partial charge on any atom is -0.387 e. The second kappa shape index (κ2) is 4.75. The van der Waals surface area contributed by atoms with Crippen LogP contribution >= 0.6 is 0 Å². The number of anilines is 1. The molecule has 0 heterocycles. The Morgan fingerprint density at radius 1 is 0.909 bits per heavy atom. The van der Waals surface area contributed by atoms with E-state index in [0.29, 0.717) is 0 Å². The minimum absolute atomic E-state index is 0.0321. The number of carbonyl (C=O) groups excluding carboxylic acids is 2. The molecule has 2 aromatic rings. The maximum atomic E-state index is 12.6. The lowest BCUT2D eigenvalue weighted by molar-refractivity contribution is 0.0976. The molecular formula is C15H11NO5S. The summed E-state index contributed by atoms with van der Waals surface area (Å²) in [5.74, 6) is -1.05. The summed E-state index contributed by atoms with van der Waals surface area (Å²) in [6, 6.07) is 8.91. The number of hydrogen-bond donors (Lipinski definition) is 2. The Hall–Kier alpha value is -2.51. The predicted molar refractivity (Wildman–Crippen MR) is 79.1 cm³/mol. The normalized spacial score (nSPS) is 13.5. The van der Waals surface area contributed by atoms with Crippen molar-refractivity contribution in [1.82, 2.24) is 0 Å². The molecule has 0 bridgehead atoms. The second-order valence-electron chi connectivity index (χ2n) is 4.79. The van der Waals surface area contributed by atoms with Crippen LogP contribution in [0, 0.1) is 0 Å². The van der Waals surface area contributed by atoms with E-state index in [9.17, 15) is 22.6 Å². The van der Waals surface area contributed by atoms with E-state index in [2.05, 4.69) is 5.32 Å². The van der Waals surface area contributed by atoms with Crippen LogP contribution in [-0.4, -0.2) is 31.6 Å². The molecule has 0 radical (unpaired) electrons. The Morgan fingerprint density at radius 2 is 1.50 bits per heavy atom. The van der Waals surface area contributed by atoms with Gasteiger partial charge >= 0.3 is 0 Å². The van der Waals surface area contributed by atoms with Crippen LogP contribution in [0.25, 0.3) is 0 Å². The van der Waals surface area contributed by atoms with Crippen molar-refractivity contribution >= 4 is 27.4 Å². The molecule has 22 heavy (non-hydrogen) atoms. The lowest BCUT2D eigenvalue weighted by atomic mass is 9.84. The minimum atomic E-state index is -4.68. The first kappa shape index (κ1) is 14.4. The van der Waals surface area contributed by atoms with Crippen LogP contribution in [0.2, 0.25) is 0 Å². The average Bonchev–Trinajstić information content (AvgIpc) is 2.50. The monoisotopic (exact) mass is 317 g/mol. The van der Waals surface area contributed by atoms with E-state index in [4.69, 9.17) is 0 Å². The van der Waals surface area contributed by atoms with E-state index in [1.54, 1.807) is 12.1 Å². The van der Waals surface area contributed by atoms with Crippen molar-refractivity contribution in [3.05, 3.63) is 58.7 Å². The first-order valence-corrected chi connectivity index (χ1v) is 7.81. The summed E-state index contributed by atoms with van der Waals surface area (Å²) in [5, 5.41) is 2.61. The number of hydrogen-bond acceptors (Lipinski definition) is 5. The highest BCUT2D eigenvalue weighted by atomic mass is 32.2. The number of benzene rings is 2. The molecule has 0 spiro atoms. The third-order valence-corrected chi connectivity index (χ3v) is 4.51. The fourth-order valence-corrected chi connectivity index (χ4v) is 3.53. The summed E-state index contributed by atoms with van der Waals surface area (Å²) in [4.78, 5) is 24.5. The molecule has 2 aromatic carbocycles. The van der Waals surface area contributed by atoms with Gasteiger partial charge < -0.3 is 5.32 Å². The Balaban J connectivity index is 2.44. The molecule has 3 rings (SSSR count). The highest BCUT2D eigenvalue weighted by Crippen LogP contribution is 2.35. The van der Waals surface area contributed by atoms with E-state index < -0.39 is 26.6 Å². The molecule has 1 aliphatic rings. The van der Waals surface area contributed by atoms with Crippen molar-refractivity contribution in [2.24, 2.45) is 0 Å². The van der Waals surface area contributed by atoms with Gasteiger partial charge in [-0.1, -0.05) is 24.3 Å². The molecule has 0 amide bonds. The van der Waals surface area contributed by atoms with Gasteiger partial charge in [-0.2, -0.15) is 8.42 Å². The van der Waals surface area contributed by atoms with Crippen LogP contribution in [0.1, 0.15) is 31.8 Å². The van der Waals surface area contributed by atoms with Crippen LogP contribution in [0.15, 0.2) is 41.3 Å². The van der Waals surface area contributed by atoms with Gasteiger partial charge in [-0.3, -0.25) is 14.1 Å². The number of ketones is 2. The van der Waals surface area contributed by atoms with Crippen molar-refractivity contribution in [2.75, 3.05) is 12.4 Å².